The van der Waals surface area contributed by atoms with Gasteiger partial charge in [0, 0.05) is 42.2 Å². The number of pyridine rings is 1. The number of benzene rings is 1. The normalized spacial score (nSPS) is 16.7. The van der Waals surface area contributed by atoms with Crippen LogP contribution in [0.15, 0.2) is 47.2 Å². The Bertz CT molecular complexity index is 1330. The summed E-state index contributed by atoms with van der Waals surface area (Å²) in [5, 5.41) is 13.2. The Morgan fingerprint density at radius 2 is 1.97 bits per heavy atom. The third kappa shape index (κ3) is 5.41. The van der Waals surface area contributed by atoms with Gasteiger partial charge in [-0.15, -0.1) is 0 Å². The number of hydrogen-bond acceptors (Lipinski definition) is 6. The molecule has 4 aromatic rings. The van der Waals surface area contributed by atoms with E-state index in [0.29, 0.717) is 19.9 Å². The van der Waals surface area contributed by atoms with E-state index in [2.05, 4.69) is 87.9 Å². The highest BCUT2D eigenvalue weighted by Crippen LogP contribution is 2.38. The first-order valence-electron chi connectivity index (χ1n) is 12.4. The molecular formula is C26H33BrN6O2Si. The van der Waals surface area contributed by atoms with Crippen molar-refractivity contribution < 1.29 is 9.47 Å². The van der Waals surface area contributed by atoms with Gasteiger partial charge in [0.2, 0.25) is 0 Å². The molecule has 3 aromatic heterocycles. The molecule has 1 fully saturated rings. The fourth-order valence-corrected chi connectivity index (χ4v) is 5.48. The smallest absolute Gasteiger partial charge is 0.158 e. The second kappa shape index (κ2) is 10.4. The molecular weight excluding hydrogens is 536 g/mol. The van der Waals surface area contributed by atoms with E-state index in [0.717, 1.165) is 62.9 Å². The lowest BCUT2D eigenvalue weighted by molar-refractivity contribution is 0.0798. The number of H-pyrrole nitrogens is 1. The monoisotopic (exact) mass is 568 g/mol. The van der Waals surface area contributed by atoms with Crippen molar-refractivity contribution in [3.63, 3.8) is 0 Å². The zero-order valence-corrected chi connectivity index (χ0v) is 23.9. The lowest BCUT2D eigenvalue weighted by Crippen LogP contribution is -2.44. The first-order valence-corrected chi connectivity index (χ1v) is 16.9. The van der Waals surface area contributed by atoms with Crippen molar-refractivity contribution >= 4 is 40.9 Å². The van der Waals surface area contributed by atoms with E-state index in [4.69, 9.17) is 19.6 Å². The highest BCUT2D eigenvalue weighted by Gasteiger charge is 2.25. The van der Waals surface area contributed by atoms with Crippen molar-refractivity contribution in [1.29, 1.82) is 0 Å². The van der Waals surface area contributed by atoms with E-state index >= 15 is 0 Å². The minimum absolute atomic E-state index is 0.236. The van der Waals surface area contributed by atoms with Crippen LogP contribution >= 0.6 is 15.9 Å². The maximum absolute atomic E-state index is 6.15. The molecule has 0 amide bonds. The summed E-state index contributed by atoms with van der Waals surface area (Å²) in [6, 6.07) is 11.9. The summed E-state index contributed by atoms with van der Waals surface area (Å²) in [5.74, 6) is 0.909. The maximum Gasteiger partial charge on any atom is 0.158 e. The summed E-state index contributed by atoms with van der Waals surface area (Å²) in [5.41, 5.74) is 4.94. The number of nitrogens with one attached hydrogen (secondary N) is 1. The van der Waals surface area contributed by atoms with Crippen molar-refractivity contribution in [1.82, 2.24) is 25.0 Å². The molecule has 1 saturated heterocycles. The number of anilines is 1. The van der Waals surface area contributed by atoms with Crippen molar-refractivity contribution in [2.45, 2.75) is 45.4 Å². The molecule has 8 nitrogen and oxygen atoms in total. The van der Waals surface area contributed by atoms with Gasteiger partial charge in [0.25, 0.3) is 0 Å². The number of hydrogen-bond donors (Lipinski definition) is 1. The molecule has 0 radical (unpaired) electrons. The Morgan fingerprint density at radius 1 is 1.17 bits per heavy atom. The molecule has 190 valence electrons. The lowest BCUT2D eigenvalue weighted by atomic mass is 10.00. The second-order valence-electron chi connectivity index (χ2n) is 10.5. The molecule has 5 rings (SSSR count). The second-order valence-corrected chi connectivity index (χ2v) is 17.1. The van der Waals surface area contributed by atoms with Crippen LogP contribution in [-0.2, 0) is 16.2 Å². The van der Waals surface area contributed by atoms with E-state index in [-0.39, 0.29) is 6.04 Å². The Kier molecular flexibility index (Phi) is 7.29. The average molecular weight is 570 g/mol. The number of morpholine rings is 1. The highest BCUT2D eigenvalue weighted by atomic mass is 79.9. The summed E-state index contributed by atoms with van der Waals surface area (Å²) >= 11 is 3.56. The minimum Gasteiger partial charge on any atom is -0.377 e. The zero-order chi connectivity index (χ0) is 25.3. The van der Waals surface area contributed by atoms with Crippen molar-refractivity contribution in [3.8, 4) is 22.4 Å². The van der Waals surface area contributed by atoms with Crippen LogP contribution in [0.25, 0.3) is 33.4 Å². The van der Waals surface area contributed by atoms with E-state index in [1.807, 2.05) is 17.1 Å². The minimum atomic E-state index is -1.18. The van der Waals surface area contributed by atoms with E-state index in [1.165, 1.54) is 0 Å². The van der Waals surface area contributed by atoms with Gasteiger partial charge in [0.05, 0.1) is 37.3 Å². The van der Waals surface area contributed by atoms with E-state index < -0.39 is 8.07 Å². The molecule has 1 N–H and O–H groups in total. The molecule has 0 bridgehead atoms. The predicted octanol–water partition coefficient (Wildman–Crippen LogP) is 5.79. The summed E-state index contributed by atoms with van der Waals surface area (Å²) in [6.45, 7) is 12.6. The third-order valence-electron chi connectivity index (χ3n) is 6.53. The van der Waals surface area contributed by atoms with Gasteiger partial charge in [-0.1, -0.05) is 47.7 Å². The number of halogens is 1. The van der Waals surface area contributed by atoms with Crippen molar-refractivity contribution in [2.75, 3.05) is 31.3 Å². The van der Waals surface area contributed by atoms with Gasteiger partial charge in [-0.05, 0) is 36.7 Å². The van der Waals surface area contributed by atoms with Crippen LogP contribution < -0.4 is 4.90 Å². The molecule has 1 atom stereocenters. The van der Waals surface area contributed by atoms with Crippen LogP contribution in [0.3, 0.4) is 0 Å². The molecule has 0 spiro atoms. The SMILES string of the molecule is CC1COCCN1c1cc(-c2c(-c3ccc(Br)cc3)cnn2COCC[Si](C)(C)C)c2cn[nH]c2n1. The Labute approximate surface area is 221 Å². The van der Waals surface area contributed by atoms with E-state index in [1.54, 1.807) is 0 Å². The molecule has 1 unspecified atom stereocenters. The molecule has 36 heavy (non-hydrogen) atoms. The standard InChI is InChI=1S/C26H33BrN6O2Si/c1-18-16-34-10-9-32(18)24-13-21(23-14-28-31-26(23)30-24)25-22(19-5-7-20(27)8-6-19)15-29-33(25)17-35-11-12-36(2,3)4/h5-8,13-15,18H,9-12,16-17H2,1-4H3,(H,28,30,31). The van der Waals surface area contributed by atoms with Gasteiger partial charge in [-0.2, -0.15) is 10.2 Å². The molecule has 0 aliphatic carbocycles. The molecule has 1 aromatic carbocycles. The summed E-state index contributed by atoms with van der Waals surface area (Å²) in [4.78, 5) is 7.22. The van der Waals surface area contributed by atoms with Gasteiger partial charge in [0.1, 0.15) is 12.5 Å². The number of rotatable bonds is 8. The fourth-order valence-electron chi connectivity index (χ4n) is 4.46. The van der Waals surface area contributed by atoms with Gasteiger partial charge in [-0.3, -0.25) is 5.10 Å². The first-order chi connectivity index (χ1) is 17.3. The lowest BCUT2D eigenvalue weighted by Gasteiger charge is -2.34. The van der Waals surface area contributed by atoms with Crippen molar-refractivity contribution in [3.05, 3.63) is 47.2 Å². The van der Waals surface area contributed by atoms with Gasteiger partial charge in [-0.25, -0.2) is 9.67 Å². The Hall–Kier alpha value is -2.53. The Morgan fingerprint density at radius 3 is 2.72 bits per heavy atom. The number of aromatic amines is 1. The van der Waals surface area contributed by atoms with Crippen LogP contribution in [-0.4, -0.2) is 65.4 Å². The average Bonchev–Trinajstić information content (AvgIpc) is 3.49. The van der Waals surface area contributed by atoms with Crippen LogP contribution in [0, 0.1) is 0 Å². The number of aromatic nitrogens is 5. The van der Waals surface area contributed by atoms with Gasteiger partial charge in [0.15, 0.2) is 5.65 Å². The predicted molar refractivity (Wildman–Crippen MR) is 150 cm³/mol. The van der Waals surface area contributed by atoms with Gasteiger partial charge < -0.3 is 14.4 Å². The van der Waals surface area contributed by atoms with Crippen LogP contribution in [0.2, 0.25) is 25.7 Å². The molecule has 10 heteroatoms. The van der Waals surface area contributed by atoms with Crippen molar-refractivity contribution in [2.24, 2.45) is 0 Å². The largest absolute Gasteiger partial charge is 0.377 e. The quantitative estimate of drug-likeness (QED) is 0.214. The maximum atomic E-state index is 6.15. The third-order valence-corrected chi connectivity index (χ3v) is 8.76. The number of nitrogens with zero attached hydrogens (tertiary/aromatic N) is 5. The molecule has 0 saturated carbocycles. The Balaban J connectivity index is 1.60. The molecule has 1 aliphatic heterocycles. The fraction of sp³-hybridized carbons (Fsp3) is 0.423. The topological polar surface area (TPSA) is 81.1 Å². The molecule has 4 heterocycles. The number of fused-ring (bicyclic) bond motifs is 1. The van der Waals surface area contributed by atoms with Gasteiger partial charge >= 0.3 is 0 Å². The summed E-state index contributed by atoms with van der Waals surface area (Å²) in [7, 11) is -1.18. The first kappa shape index (κ1) is 25.1. The highest BCUT2D eigenvalue weighted by molar-refractivity contribution is 9.10. The van der Waals surface area contributed by atoms with Crippen LogP contribution in [0.4, 0.5) is 5.82 Å². The number of ether oxygens (including phenoxy) is 2. The zero-order valence-electron chi connectivity index (χ0n) is 21.3. The van der Waals surface area contributed by atoms with Crippen LogP contribution in [0.5, 0.6) is 0 Å². The van der Waals surface area contributed by atoms with Crippen LogP contribution in [0.1, 0.15) is 6.92 Å². The molecule has 1 aliphatic rings. The van der Waals surface area contributed by atoms with E-state index in [9.17, 15) is 0 Å². The summed E-state index contributed by atoms with van der Waals surface area (Å²) < 4.78 is 14.8. The summed E-state index contributed by atoms with van der Waals surface area (Å²) in [6.07, 6.45) is 3.78.